The second-order valence-corrected chi connectivity index (χ2v) is 15.1. The highest BCUT2D eigenvalue weighted by molar-refractivity contribution is 6.69. The molecule has 0 bridgehead atoms. The summed E-state index contributed by atoms with van der Waals surface area (Å²) in [5.74, 6) is 0.674. The Kier molecular flexibility index (Phi) is 5.61. The summed E-state index contributed by atoms with van der Waals surface area (Å²) in [6.07, 6.45) is 4.06. The van der Waals surface area contributed by atoms with E-state index >= 15 is 0 Å². The van der Waals surface area contributed by atoms with Gasteiger partial charge in [0.05, 0.1) is 18.6 Å². The Balaban J connectivity index is 2.16. The summed E-state index contributed by atoms with van der Waals surface area (Å²) in [7, 11) is -0.208. The van der Waals surface area contributed by atoms with E-state index in [1.807, 2.05) is 0 Å². The van der Waals surface area contributed by atoms with Gasteiger partial charge in [-0.2, -0.15) is 0 Å². The highest BCUT2D eigenvalue weighted by Gasteiger charge is 2.57. The van der Waals surface area contributed by atoms with Gasteiger partial charge in [-0.15, -0.1) is 0 Å². The zero-order valence-electron chi connectivity index (χ0n) is 19.0. The van der Waals surface area contributed by atoms with E-state index in [9.17, 15) is 4.79 Å². The average Bonchev–Trinajstić information content (AvgIpc) is 2.61. The van der Waals surface area contributed by atoms with Crippen LogP contribution in [0.4, 0.5) is 0 Å². The smallest absolute Gasteiger partial charge is 0.311 e. The first-order chi connectivity index (χ1) is 12.9. The Morgan fingerprint density at radius 2 is 1.86 bits per heavy atom. The number of carbonyl (C=O) groups excluding carboxylic acids is 1. The van der Waals surface area contributed by atoms with Crippen molar-refractivity contribution in [1.82, 2.24) is 0 Å². The molecule has 0 saturated heterocycles. The molecule has 0 amide bonds. The van der Waals surface area contributed by atoms with Crippen LogP contribution in [-0.4, -0.2) is 21.4 Å². The maximum absolute atomic E-state index is 12.9. The number of benzene rings is 1. The van der Waals surface area contributed by atoms with E-state index in [0.717, 1.165) is 25.7 Å². The molecule has 28 heavy (non-hydrogen) atoms. The van der Waals surface area contributed by atoms with Gasteiger partial charge in [-0.25, -0.2) is 0 Å². The molecular weight excluding hydrogens is 364 g/mol. The van der Waals surface area contributed by atoms with Gasteiger partial charge in [0.25, 0.3) is 0 Å². The molecule has 1 fully saturated rings. The minimum Gasteiger partial charge on any atom is -0.469 e. The number of rotatable bonds is 4. The lowest BCUT2D eigenvalue weighted by atomic mass is 9.49. The Bertz CT molecular complexity index is 751. The van der Waals surface area contributed by atoms with Crippen molar-refractivity contribution >= 4 is 14.3 Å². The molecule has 4 unspecified atom stereocenters. The molecule has 4 atom stereocenters. The van der Waals surface area contributed by atoms with Crippen LogP contribution < -0.4 is 0 Å². The first-order valence-corrected chi connectivity index (χ1v) is 14.2. The van der Waals surface area contributed by atoms with E-state index in [4.69, 9.17) is 9.16 Å². The van der Waals surface area contributed by atoms with Crippen LogP contribution in [0.3, 0.4) is 0 Å². The van der Waals surface area contributed by atoms with E-state index in [0.29, 0.717) is 5.92 Å². The van der Waals surface area contributed by atoms with Gasteiger partial charge in [0.1, 0.15) is 0 Å². The van der Waals surface area contributed by atoms with Gasteiger partial charge < -0.3 is 9.16 Å². The van der Waals surface area contributed by atoms with Crippen molar-refractivity contribution in [1.29, 1.82) is 0 Å². The Hall–Kier alpha value is -1.13. The fraction of sp³-hybridized carbons (Fsp3) is 0.708. The van der Waals surface area contributed by atoms with E-state index in [-0.39, 0.29) is 23.4 Å². The number of methoxy groups -OCH3 is 1. The number of fused-ring (bicyclic) bond motifs is 3. The van der Waals surface area contributed by atoms with Gasteiger partial charge >= 0.3 is 5.97 Å². The van der Waals surface area contributed by atoms with E-state index in [2.05, 4.69) is 65.5 Å². The van der Waals surface area contributed by atoms with E-state index < -0.39 is 13.7 Å². The summed E-state index contributed by atoms with van der Waals surface area (Å²) in [4.78, 5) is 12.9. The Morgan fingerprint density at radius 1 is 1.18 bits per heavy atom. The molecule has 0 spiro atoms. The third kappa shape index (κ3) is 3.58. The number of hydrogen-bond donors (Lipinski definition) is 0. The normalized spacial score (nSPS) is 32.6. The summed E-state index contributed by atoms with van der Waals surface area (Å²) >= 11 is 0. The topological polar surface area (TPSA) is 35.5 Å². The molecule has 156 valence electrons. The van der Waals surface area contributed by atoms with Crippen molar-refractivity contribution in [2.24, 2.45) is 11.3 Å². The molecule has 0 aliphatic heterocycles. The lowest BCUT2D eigenvalue weighted by Crippen LogP contribution is -2.54. The van der Waals surface area contributed by atoms with E-state index in [1.165, 1.54) is 23.8 Å². The molecule has 1 aromatic carbocycles. The maximum atomic E-state index is 12.9. The summed E-state index contributed by atoms with van der Waals surface area (Å²) in [6.45, 7) is 15.8. The summed E-state index contributed by atoms with van der Waals surface area (Å²) in [5.41, 5.74) is 3.67. The molecule has 1 saturated carbocycles. The van der Waals surface area contributed by atoms with Crippen molar-refractivity contribution in [3.8, 4) is 0 Å². The minimum absolute atomic E-state index is 0.00860. The second kappa shape index (κ2) is 7.28. The Morgan fingerprint density at radius 3 is 2.43 bits per heavy atom. The van der Waals surface area contributed by atoms with Crippen LogP contribution in [0.5, 0.6) is 0 Å². The van der Waals surface area contributed by atoms with Gasteiger partial charge in [-0.1, -0.05) is 45.4 Å². The molecule has 0 radical (unpaired) electrons. The molecular formula is C24H38O3Si. The number of hydrogen-bond acceptors (Lipinski definition) is 3. The first kappa shape index (κ1) is 21.6. The van der Waals surface area contributed by atoms with Gasteiger partial charge in [0, 0.05) is 0 Å². The van der Waals surface area contributed by atoms with Crippen molar-refractivity contribution in [2.75, 3.05) is 7.11 Å². The van der Waals surface area contributed by atoms with Crippen molar-refractivity contribution in [3.05, 3.63) is 34.9 Å². The van der Waals surface area contributed by atoms with Crippen molar-refractivity contribution in [3.63, 3.8) is 0 Å². The van der Waals surface area contributed by atoms with Crippen LogP contribution >= 0.6 is 0 Å². The zero-order chi connectivity index (χ0) is 20.9. The third-order valence-corrected chi connectivity index (χ3v) is 8.22. The quantitative estimate of drug-likeness (QED) is 0.435. The molecule has 0 aromatic heterocycles. The van der Waals surface area contributed by atoms with E-state index in [1.54, 1.807) is 0 Å². The molecule has 2 aliphatic rings. The second-order valence-electron chi connectivity index (χ2n) is 10.7. The Labute approximate surface area is 172 Å². The van der Waals surface area contributed by atoms with Gasteiger partial charge in [0.2, 0.25) is 0 Å². The standard InChI is InChI=1S/C24H38O3Si/c1-16(2)17-10-11-19-18(14-17)20(27-28(6,7)8)15-21-23(19,3)12-9-13-24(21,4)22(25)26-5/h10-11,14,16,20-21H,9,12-13,15H2,1-8H3. The number of ether oxygens (including phenoxy) is 1. The first-order valence-electron chi connectivity index (χ1n) is 10.8. The fourth-order valence-corrected chi connectivity index (χ4v) is 6.88. The molecule has 2 aliphatic carbocycles. The predicted octanol–water partition coefficient (Wildman–Crippen LogP) is 6.34. The zero-order valence-corrected chi connectivity index (χ0v) is 20.0. The monoisotopic (exact) mass is 402 g/mol. The average molecular weight is 403 g/mol. The van der Waals surface area contributed by atoms with Crippen LogP contribution in [0.2, 0.25) is 19.6 Å². The molecule has 0 heterocycles. The maximum Gasteiger partial charge on any atom is 0.311 e. The molecule has 3 rings (SSSR count). The third-order valence-electron chi connectivity index (χ3n) is 7.23. The highest BCUT2D eigenvalue weighted by Crippen LogP contribution is 2.60. The van der Waals surface area contributed by atoms with Crippen LogP contribution in [0, 0.1) is 11.3 Å². The van der Waals surface area contributed by atoms with Crippen LogP contribution in [0.15, 0.2) is 18.2 Å². The SMILES string of the molecule is COC(=O)C1(C)CCCC2(C)c3ccc(C(C)C)cc3C(O[Si](C)(C)C)CC12. The van der Waals surface area contributed by atoms with Crippen LogP contribution in [-0.2, 0) is 19.4 Å². The summed E-state index contributed by atoms with van der Waals surface area (Å²) in [6, 6.07) is 7.00. The number of esters is 1. The highest BCUT2D eigenvalue weighted by atomic mass is 28.4. The number of carbonyl (C=O) groups is 1. The van der Waals surface area contributed by atoms with Crippen LogP contribution in [0.1, 0.15) is 82.1 Å². The minimum atomic E-state index is -1.74. The van der Waals surface area contributed by atoms with Gasteiger partial charge in [-0.3, -0.25) is 4.79 Å². The summed E-state index contributed by atoms with van der Waals surface area (Å²) < 4.78 is 12.0. The fourth-order valence-electron chi connectivity index (χ4n) is 5.80. The van der Waals surface area contributed by atoms with Crippen molar-refractivity contribution in [2.45, 2.75) is 90.5 Å². The lowest BCUT2D eigenvalue weighted by Gasteiger charge is -2.56. The molecule has 1 aromatic rings. The lowest BCUT2D eigenvalue weighted by molar-refractivity contribution is -0.162. The van der Waals surface area contributed by atoms with Crippen LogP contribution in [0.25, 0.3) is 0 Å². The molecule has 3 nitrogen and oxygen atoms in total. The largest absolute Gasteiger partial charge is 0.469 e. The molecule has 4 heteroatoms. The predicted molar refractivity (Wildman–Crippen MR) is 117 cm³/mol. The van der Waals surface area contributed by atoms with Crippen molar-refractivity contribution < 1.29 is 14.0 Å². The van der Waals surface area contributed by atoms with Gasteiger partial charge in [0.15, 0.2) is 8.32 Å². The molecule has 0 N–H and O–H groups in total. The summed E-state index contributed by atoms with van der Waals surface area (Å²) in [5, 5.41) is 0. The van der Waals surface area contributed by atoms with Gasteiger partial charge in [-0.05, 0) is 79.8 Å².